The van der Waals surface area contributed by atoms with E-state index >= 15 is 0 Å². The van der Waals surface area contributed by atoms with Gasteiger partial charge < -0.3 is 5.11 Å². The summed E-state index contributed by atoms with van der Waals surface area (Å²) in [4.78, 5) is 11.1. The Balaban J connectivity index is 2.74. The Morgan fingerprint density at radius 2 is 2.05 bits per heavy atom. The van der Waals surface area contributed by atoms with Gasteiger partial charge in [-0.2, -0.15) is 13.2 Å². The maximum absolute atomic E-state index is 12.7. The van der Waals surface area contributed by atoms with Crippen LogP contribution >= 0.6 is 11.3 Å². The topological polar surface area (TPSA) is 83.5 Å². The molecule has 1 aromatic heterocycles. The van der Waals surface area contributed by atoms with Gasteiger partial charge in [-0.25, -0.2) is 13.1 Å². The third kappa shape index (κ3) is 5.64. The second kappa shape index (κ2) is 6.75. The molecule has 5 nitrogen and oxygen atoms in total. The molecule has 0 unspecified atom stereocenters. The first-order chi connectivity index (χ1) is 9.52. The van der Waals surface area contributed by atoms with Crippen LogP contribution in [0.25, 0.3) is 0 Å². The number of nitrogens with one attached hydrogen (secondary N) is 1. The van der Waals surface area contributed by atoms with E-state index in [1.807, 2.05) is 4.72 Å². The van der Waals surface area contributed by atoms with Crippen LogP contribution < -0.4 is 4.72 Å². The summed E-state index contributed by atoms with van der Waals surface area (Å²) in [6.45, 7) is 0.797. The molecule has 1 aromatic rings. The van der Waals surface area contributed by atoms with Crippen molar-refractivity contribution in [2.75, 3.05) is 6.54 Å². The fourth-order valence-corrected chi connectivity index (χ4v) is 3.93. The van der Waals surface area contributed by atoms with Gasteiger partial charge in [0.2, 0.25) is 10.0 Å². The third-order valence-corrected chi connectivity index (χ3v) is 5.59. The number of rotatable bonds is 7. The second-order valence-corrected chi connectivity index (χ2v) is 7.67. The number of sulfonamides is 1. The molecule has 0 saturated carbocycles. The lowest BCUT2D eigenvalue weighted by molar-refractivity contribution is -0.175. The van der Waals surface area contributed by atoms with Crippen molar-refractivity contribution in [3.05, 3.63) is 17.0 Å². The predicted octanol–water partition coefficient (Wildman–Crippen LogP) is 2.38. The van der Waals surface area contributed by atoms with Gasteiger partial charge in [-0.3, -0.25) is 4.79 Å². The Bertz CT molecular complexity index is 595. The fourth-order valence-electron chi connectivity index (χ4n) is 1.52. The van der Waals surface area contributed by atoms with E-state index in [2.05, 4.69) is 0 Å². The zero-order chi connectivity index (χ0) is 16.3. The van der Waals surface area contributed by atoms with Crippen LogP contribution in [0.15, 0.2) is 16.3 Å². The number of carboxylic acid groups (broad SMARTS) is 1. The van der Waals surface area contributed by atoms with Crippen molar-refractivity contribution in [1.29, 1.82) is 0 Å². The van der Waals surface area contributed by atoms with Crippen molar-refractivity contribution in [3.63, 3.8) is 0 Å². The summed E-state index contributed by atoms with van der Waals surface area (Å²) >= 11 is 0.946. The lowest BCUT2D eigenvalue weighted by Crippen LogP contribution is -2.36. The zero-order valence-corrected chi connectivity index (χ0v) is 12.6. The molecule has 0 spiro atoms. The molecule has 10 heteroatoms. The highest BCUT2D eigenvalue weighted by molar-refractivity contribution is 7.91. The highest BCUT2D eigenvalue weighted by Crippen LogP contribution is 2.30. The molecule has 0 aliphatic rings. The van der Waals surface area contributed by atoms with Gasteiger partial charge >= 0.3 is 12.1 Å². The Hall–Kier alpha value is -1.13. The standard InChI is InChI=1S/C11H14F3NO4S2/c1-7-2-5-10(20-7)21(18,19)15-6-8(11(12,13)14)3-4-9(16)17/h2,5,8,15H,3-4,6H2,1H3,(H,16,17)/t8-/m1/s1. The van der Waals surface area contributed by atoms with Gasteiger partial charge in [-0.1, -0.05) is 0 Å². The monoisotopic (exact) mass is 345 g/mol. The number of halogens is 3. The minimum absolute atomic E-state index is 0.0702. The van der Waals surface area contributed by atoms with Crippen molar-refractivity contribution in [2.45, 2.75) is 30.2 Å². The third-order valence-electron chi connectivity index (χ3n) is 2.67. The van der Waals surface area contributed by atoms with Crippen molar-refractivity contribution in [1.82, 2.24) is 4.72 Å². The number of carboxylic acids is 1. The summed E-state index contributed by atoms with van der Waals surface area (Å²) in [5.41, 5.74) is 0. The van der Waals surface area contributed by atoms with Gasteiger partial charge in [-0.15, -0.1) is 11.3 Å². The van der Waals surface area contributed by atoms with E-state index in [9.17, 15) is 26.4 Å². The second-order valence-electron chi connectivity index (χ2n) is 4.39. The maximum atomic E-state index is 12.7. The average Bonchev–Trinajstić information content (AvgIpc) is 2.74. The van der Waals surface area contributed by atoms with Crippen LogP contribution in [0.1, 0.15) is 17.7 Å². The molecule has 0 fully saturated rings. The molecule has 0 bridgehead atoms. The summed E-state index contributed by atoms with van der Waals surface area (Å²) in [7, 11) is -4.01. The molecule has 1 heterocycles. The van der Waals surface area contributed by atoms with Gasteiger partial charge in [0.15, 0.2) is 0 Å². The Labute approximate surface area is 123 Å². The molecule has 1 atom stereocenters. The van der Waals surface area contributed by atoms with Crippen LogP contribution in [-0.4, -0.2) is 32.2 Å². The summed E-state index contributed by atoms with van der Waals surface area (Å²) < 4.78 is 63.7. The number of aliphatic carboxylic acids is 1. The smallest absolute Gasteiger partial charge is 0.393 e. The molecule has 1 rings (SSSR count). The van der Waals surface area contributed by atoms with Crippen LogP contribution in [0.2, 0.25) is 0 Å². The van der Waals surface area contributed by atoms with Gasteiger partial charge in [0.1, 0.15) is 4.21 Å². The molecule has 120 valence electrons. The van der Waals surface area contributed by atoms with E-state index in [0.29, 0.717) is 4.88 Å². The number of alkyl halides is 3. The number of hydrogen-bond acceptors (Lipinski definition) is 4. The van der Waals surface area contributed by atoms with Crippen LogP contribution in [0, 0.1) is 12.8 Å². The minimum Gasteiger partial charge on any atom is -0.481 e. The normalized spacial score (nSPS) is 14.1. The molecular formula is C11H14F3NO4S2. The van der Waals surface area contributed by atoms with Crippen molar-refractivity contribution in [3.8, 4) is 0 Å². The molecule has 2 N–H and O–H groups in total. The van der Waals surface area contributed by atoms with E-state index in [-0.39, 0.29) is 4.21 Å². The van der Waals surface area contributed by atoms with Crippen LogP contribution in [0.5, 0.6) is 0 Å². The lowest BCUT2D eigenvalue weighted by atomic mass is 10.0. The highest BCUT2D eigenvalue weighted by Gasteiger charge is 2.40. The molecule has 0 aliphatic heterocycles. The summed E-state index contributed by atoms with van der Waals surface area (Å²) in [6.07, 6.45) is -6.02. The van der Waals surface area contributed by atoms with E-state index in [0.717, 1.165) is 11.3 Å². The van der Waals surface area contributed by atoms with Crippen LogP contribution in [0.3, 0.4) is 0 Å². The van der Waals surface area contributed by atoms with Crippen molar-refractivity contribution in [2.24, 2.45) is 5.92 Å². The summed E-state index contributed by atoms with van der Waals surface area (Å²) in [5, 5.41) is 8.43. The predicted molar refractivity (Wildman–Crippen MR) is 70.7 cm³/mol. The van der Waals surface area contributed by atoms with Gasteiger partial charge in [0, 0.05) is 17.8 Å². The number of aryl methyl sites for hydroxylation is 1. The Morgan fingerprint density at radius 1 is 1.43 bits per heavy atom. The largest absolute Gasteiger partial charge is 0.481 e. The van der Waals surface area contributed by atoms with E-state index in [1.54, 1.807) is 13.0 Å². The summed E-state index contributed by atoms with van der Waals surface area (Å²) in [5.74, 6) is -3.40. The van der Waals surface area contributed by atoms with Crippen molar-refractivity contribution >= 4 is 27.3 Å². The molecule has 0 aromatic carbocycles. The number of thiophene rings is 1. The quantitative estimate of drug-likeness (QED) is 0.795. The van der Waals surface area contributed by atoms with Gasteiger partial charge in [-0.05, 0) is 25.5 Å². The molecule has 0 radical (unpaired) electrons. The Kier molecular flexibility index (Phi) is 5.76. The van der Waals surface area contributed by atoms with E-state index < -0.39 is 47.5 Å². The lowest BCUT2D eigenvalue weighted by Gasteiger charge is -2.19. The van der Waals surface area contributed by atoms with Crippen LogP contribution in [-0.2, 0) is 14.8 Å². The van der Waals surface area contributed by atoms with Gasteiger partial charge in [0.05, 0.1) is 5.92 Å². The average molecular weight is 345 g/mol. The highest BCUT2D eigenvalue weighted by atomic mass is 32.2. The first kappa shape index (κ1) is 17.9. The van der Waals surface area contributed by atoms with Crippen LogP contribution in [0.4, 0.5) is 13.2 Å². The Morgan fingerprint density at radius 3 is 2.48 bits per heavy atom. The first-order valence-corrected chi connectivity index (χ1v) is 8.17. The minimum atomic E-state index is -4.66. The van der Waals surface area contributed by atoms with Crippen molar-refractivity contribution < 1.29 is 31.5 Å². The molecule has 0 aliphatic carbocycles. The molecule has 21 heavy (non-hydrogen) atoms. The number of hydrogen-bond donors (Lipinski definition) is 2. The van der Waals surface area contributed by atoms with E-state index in [4.69, 9.17) is 5.11 Å². The van der Waals surface area contributed by atoms with Gasteiger partial charge in [0.25, 0.3) is 0 Å². The maximum Gasteiger partial charge on any atom is 0.393 e. The number of carbonyl (C=O) groups is 1. The summed E-state index contributed by atoms with van der Waals surface area (Å²) in [6, 6.07) is 2.85. The fraction of sp³-hybridized carbons (Fsp3) is 0.545. The zero-order valence-electron chi connectivity index (χ0n) is 11.0. The SMILES string of the molecule is Cc1ccc(S(=O)(=O)NC[C@@H](CCC(=O)O)C(F)(F)F)s1. The first-order valence-electron chi connectivity index (χ1n) is 5.87. The molecule has 0 saturated heterocycles. The molecular weight excluding hydrogens is 331 g/mol. The molecule has 0 amide bonds. The van der Waals surface area contributed by atoms with E-state index in [1.165, 1.54) is 6.07 Å².